The zero-order chi connectivity index (χ0) is 18.0. The summed E-state index contributed by atoms with van der Waals surface area (Å²) in [6, 6.07) is 20.2. The van der Waals surface area contributed by atoms with E-state index in [0.717, 1.165) is 35.4 Å². The van der Waals surface area contributed by atoms with Crippen molar-refractivity contribution in [2.24, 2.45) is 0 Å². The first-order valence-electron chi connectivity index (χ1n) is 8.62. The smallest absolute Gasteiger partial charge is 0.191 e. The summed E-state index contributed by atoms with van der Waals surface area (Å²) in [7, 11) is 1.71. The molecule has 3 aromatic rings. The number of hydrogen-bond donors (Lipinski definition) is 0. The van der Waals surface area contributed by atoms with Gasteiger partial charge in [0.25, 0.3) is 0 Å². The van der Waals surface area contributed by atoms with Gasteiger partial charge in [0.2, 0.25) is 0 Å². The van der Waals surface area contributed by atoms with Crippen molar-refractivity contribution >= 4 is 11.8 Å². The lowest BCUT2D eigenvalue weighted by Gasteiger charge is -2.10. The third-order valence-electron chi connectivity index (χ3n) is 3.84. The molecule has 0 unspecified atom stereocenters. The number of rotatable bonds is 10. The van der Waals surface area contributed by atoms with E-state index in [-0.39, 0.29) is 0 Å². The maximum absolute atomic E-state index is 5.75. The van der Waals surface area contributed by atoms with Crippen molar-refractivity contribution in [1.82, 2.24) is 14.8 Å². The fourth-order valence-corrected chi connectivity index (χ4v) is 3.35. The largest absolute Gasteiger partial charge is 0.493 e. The quantitative estimate of drug-likeness (QED) is 0.403. The fraction of sp³-hybridized carbons (Fsp3) is 0.300. The molecule has 0 saturated carbocycles. The van der Waals surface area contributed by atoms with Gasteiger partial charge in [0.05, 0.1) is 13.2 Å². The molecule has 0 aliphatic heterocycles. The predicted molar refractivity (Wildman–Crippen MR) is 104 cm³/mol. The van der Waals surface area contributed by atoms with Gasteiger partial charge in [0.15, 0.2) is 5.16 Å². The molecular formula is C20H23N3O2S. The molecule has 0 fully saturated rings. The van der Waals surface area contributed by atoms with Crippen molar-refractivity contribution in [2.75, 3.05) is 26.1 Å². The third-order valence-corrected chi connectivity index (χ3v) is 4.77. The van der Waals surface area contributed by atoms with Gasteiger partial charge >= 0.3 is 0 Å². The summed E-state index contributed by atoms with van der Waals surface area (Å²) in [5.74, 6) is 2.66. The summed E-state index contributed by atoms with van der Waals surface area (Å²) in [5.41, 5.74) is 1.22. The average molecular weight is 369 g/mol. The standard InChI is InChI=1S/C20H23N3O2S/c1-24-13-12-23-19(16-17-8-4-2-5-9-17)21-22-20(23)26-15-14-25-18-10-6-3-7-11-18/h2-11H,12-16H2,1H3. The van der Waals surface area contributed by atoms with Gasteiger partial charge in [-0.2, -0.15) is 0 Å². The lowest BCUT2D eigenvalue weighted by atomic mass is 10.1. The molecule has 1 heterocycles. The van der Waals surface area contributed by atoms with Crippen LogP contribution in [0.25, 0.3) is 0 Å². The van der Waals surface area contributed by atoms with E-state index in [0.29, 0.717) is 13.2 Å². The summed E-state index contributed by atoms with van der Waals surface area (Å²) >= 11 is 1.66. The van der Waals surface area contributed by atoms with Crippen LogP contribution in [0.4, 0.5) is 0 Å². The maximum atomic E-state index is 5.75. The summed E-state index contributed by atoms with van der Waals surface area (Å²) in [5, 5.41) is 9.68. The Labute approximate surface area is 158 Å². The van der Waals surface area contributed by atoms with Crippen molar-refractivity contribution in [3.63, 3.8) is 0 Å². The Bertz CT molecular complexity index is 778. The molecule has 0 spiro atoms. The molecule has 136 valence electrons. The van der Waals surface area contributed by atoms with Crippen LogP contribution >= 0.6 is 11.8 Å². The van der Waals surface area contributed by atoms with E-state index in [1.165, 1.54) is 5.56 Å². The molecule has 0 N–H and O–H groups in total. The molecule has 1 aromatic heterocycles. The number of thioether (sulfide) groups is 1. The zero-order valence-electron chi connectivity index (χ0n) is 14.9. The Morgan fingerprint density at radius 2 is 1.65 bits per heavy atom. The van der Waals surface area contributed by atoms with E-state index in [9.17, 15) is 0 Å². The highest BCUT2D eigenvalue weighted by atomic mass is 32.2. The van der Waals surface area contributed by atoms with Gasteiger partial charge in [-0.05, 0) is 17.7 Å². The Balaban J connectivity index is 1.60. The highest BCUT2D eigenvalue weighted by molar-refractivity contribution is 7.99. The number of aromatic nitrogens is 3. The molecule has 2 aromatic carbocycles. The van der Waals surface area contributed by atoms with Crippen LogP contribution in [-0.2, 0) is 17.7 Å². The summed E-state index contributed by atoms with van der Waals surface area (Å²) in [4.78, 5) is 0. The van der Waals surface area contributed by atoms with E-state index in [2.05, 4.69) is 26.9 Å². The molecule has 26 heavy (non-hydrogen) atoms. The third kappa shape index (κ3) is 5.34. The molecular weight excluding hydrogens is 346 g/mol. The van der Waals surface area contributed by atoms with Crippen LogP contribution in [0.1, 0.15) is 11.4 Å². The van der Waals surface area contributed by atoms with Crippen molar-refractivity contribution in [1.29, 1.82) is 0 Å². The summed E-state index contributed by atoms with van der Waals surface area (Å²) in [6.45, 7) is 2.00. The number of para-hydroxylation sites is 1. The molecule has 0 radical (unpaired) electrons. The first-order valence-corrected chi connectivity index (χ1v) is 9.61. The van der Waals surface area contributed by atoms with Crippen molar-refractivity contribution in [3.05, 3.63) is 72.1 Å². The van der Waals surface area contributed by atoms with Gasteiger partial charge in [-0.15, -0.1) is 10.2 Å². The second-order valence-corrected chi connectivity index (χ2v) is 6.78. The highest BCUT2D eigenvalue weighted by Gasteiger charge is 2.13. The van der Waals surface area contributed by atoms with Gasteiger partial charge in [0, 0.05) is 25.8 Å². The van der Waals surface area contributed by atoms with Crippen molar-refractivity contribution < 1.29 is 9.47 Å². The van der Waals surface area contributed by atoms with Gasteiger partial charge in [-0.25, -0.2) is 0 Å². The first-order chi connectivity index (χ1) is 12.9. The molecule has 0 atom stereocenters. The number of ether oxygens (including phenoxy) is 2. The van der Waals surface area contributed by atoms with Crippen LogP contribution in [0.2, 0.25) is 0 Å². The van der Waals surface area contributed by atoms with E-state index in [1.807, 2.05) is 48.5 Å². The van der Waals surface area contributed by atoms with Crippen LogP contribution in [0.3, 0.4) is 0 Å². The zero-order valence-corrected chi connectivity index (χ0v) is 15.7. The van der Waals surface area contributed by atoms with Crippen LogP contribution < -0.4 is 4.74 Å². The van der Waals surface area contributed by atoms with Crippen LogP contribution in [-0.4, -0.2) is 40.8 Å². The van der Waals surface area contributed by atoms with Crippen molar-refractivity contribution in [3.8, 4) is 5.75 Å². The molecule has 3 rings (SSSR count). The molecule has 0 amide bonds. The number of benzene rings is 2. The molecule has 0 bridgehead atoms. The van der Waals surface area contributed by atoms with E-state index < -0.39 is 0 Å². The molecule has 5 nitrogen and oxygen atoms in total. The average Bonchev–Trinajstić information content (AvgIpc) is 3.06. The Morgan fingerprint density at radius 3 is 2.38 bits per heavy atom. The minimum Gasteiger partial charge on any atom is -0.493 e. The second kappa shape index (κ2) is 9.99. The van der Waals surface area contributed by atoms with Gasteiger partial charge in [-0.3, -0.25) is 0 Å². The highest BCUT2D eigenvalue weighted by Crippen LogP contribution is 2.19. The number of hydrogen-bond acceptors (Lipinski definition) is 5. The SMILES string of the molecule is COCCn1c(Cc2ccccc2)nnc1SCCOc1ccccc1. The molecule has 6 heteroatoms. The predicted octanol–water partition coefficient (Wildman–Crippen LogP) is 3.69. The van der Waals surface area contributed by atoms with E-state index >= 15 is 0 Å². The molecule has 0 saturated heterocycles. The lowest BCUT2D eigenvalue weighted by Crippen LogP contribution is -2.11. The van der Waals surface area contributed by atoms with E-state index in [4.69, 9.17) is 9.47 Å². The Morgan fingerprint density at radius 1 is 0.923 bits per heavy atom. The number of methoxy groups -OCH3 is 1. The Hall–Kier alpha value is -2.31. The van der Waals surface area contributed by atoms with Gasteiger partial charge < -0.3 is 14.0 Å². The lowest BCUT2D eigenvalue weighted by molar-refractivity contribution is 0.184. The minimum atomic E-state index is 0.625. The molecule has 0 aliphatic carbocycles. The topological polar surface area (TPSA) is 49.2 Å². The maximum Gasteiger partial charge on any atom is 0.191 e. The Kier molecular flexibility index (Phi) is 7.10. The summed E-state index contributed by atoms with van der Waals surface area (Å²) in [6.07, 6.45) is 0.763. The normalized spacial score (nSPS) is 10.8. The second-order valence-electron chi connectivity index (χ2n) is 5.72. The van der Waals surface area contributed by atoms with Gasteiger partial charge in [0.1, 0.15) is 11.6 Å². The van der Waals surface area contributed by atoms with E-state index in [1.54, 1.807) is 18.9 Å². The molecule has 0 aliphatic rings. The van der Waals surface area contributed by atoms with Crippen molar-refractivity contribution in [2.45, 2.75) is 18.1 Å². The van der Waals surface area contributed by atoms with Crippen LogP contribution in [0.15, 0.2) is 65.8 Å². The fourth-order valence-electron chi connectivity index (χ4n) is 2.55. The monoisotopic (exact) mass is 369 g/mol. The van der Waals surface area contributed by atoms with Crippen LogP contribution in [0, 0.1) is 0 Å². The minimum absolute atomic E-state index is 0.625. The number of nitrogens with zero attached hydrogens (tertiary/aromatic N) is 3. The first kappa shape index (κ1) is 18.5. The van der Waals surface area contributed by atoms with Gasteiger partial charge in [-0.1, -0.05) is 60.3 Å². The van der Waals surface area contributed by atoms with Crippen LogP contribution in [0.5, 0.6) is 5.75 Å². The summed E-state index contributed by atoms with van der Waals surface area (Å²) < 4.78 is 13.1.